The first kappa shape index (κ1) is 13.6. The molecular formula is C14H22N2OS. The van der Waals surface area contributed by atoms with Crippen LogP contribution < -0.4 is 10.6 Å². The van der Waals surface area contributed by atoms with Crippen LogP contribution in [0.15, 0.2) is 0 Å². The van der Waals surface area contributed by atoms with Crippen LogP contribution in [0.1, 0.15) is 41.7 Å². The van der Waals surface area contributed by atoms with Crippen LogP contribution in [0.3, 0.4) is 0 Å². The minimum absolute atomic E-state index is 0.145. The third-order valence-electron chi connectivity index (χ3n) is 3.52. The van der Waals surface area contributed by atoms with Gasteiger partial charge in [0.15, 0.2) is 0 Å². The van der Waals surface area contributed by atoms with E-state index in [1.807, 2.05) is 7.05 Å². The number of hydrogen-bond acceptors (Lipinski definition) is 3. The van der Waals surface area contributed by atoms with Crippen molar-refractivity contribution in [2.75, 3.05) is 18.9 Å². The summed E-state index contributed by atoms with van der Waals surface area (Å²) in [5.41, 5.74) is 2.80. The molecule has 0 atom stereocenters. The Balaban J connectivity index is 1.97. The van der Waals surface area contributed by atoms with Crippen molar-refractivity contribution in [2.24, 2.45) is 0 Å². The molecule has 0 saturated carbocycles. The molecule has 4 heteroatoms. The van der Waals surface area contributed by atoms with Crippen molar-refractivity contribution in [1.29, 1.82) is 0 Å². The van der Waals surface area contributed by atoms with Gasteiger partial charge in [0.2, 0.25) is 5.91 Å². The smallest absolute Gasteiger partial charge is 0.225 e. The monoisotopic (exact) mass is 266 g/mol. The third kappa shape index (κ3) is 3.12. The van der Waals surface area contributed by atoms with E-state index in [4.69, 9.17) is 0 Å². The molecule has 0 unspecified atom stereocenters. The van der Waals surface area contributed by atoms with Crippen LogP contribution in [-0.4, -0.2) is 19.5 Å². The van der Waals surface area contributed by atoms with E-state index in [1.165, 1.54) is 41.7 Å². The summed E-state index contributed by atoms with van der Waals surface area (Å²) in [6, 6.07) is 0. The van der Waals surface area contributed by atoms with Crippen LogP contribution >= 0.6 is 11.3 Å². The summed E-state index contributed by atoms with van der Waals surface area (Å²) < 4.78 is 0. The Bertz CT molecular complexity index is 426. The zero-order valence-corrected chi connectivity index (χ0v) is 12.1. The number of amides is 1. The fourth-order valence-corrected chi connectivity index (χ4v) is 3.77. The number of fused-ring (bicyclic) bond motifs is 1. The second-order valence-corrected chi connectivity index (χ2v) is 6.03. The third-order valence-corrected chi connectivity index (χ3v) is 4.83. The maximum atomic E-state index is 11.8. The minimum atomic E-state index is 0.145. The number of thiophene rings is 1. The summed E-state index contributed by atoms with van der Waals surface area (Å²) in [5, 5.41) is 7.22. The SMILES string of the molecule is CNCCCC(=O)Nc1sc2c(c1C)CCCC2. The zero-order valence-electron chi connectivity index (χ0n) is 11.3. The Hall–Kier alpha value is -0.870. The summed E-state index contributed by atoms with van der Waals surface area (Å²) in [7, 11) is 1.91. The van der Waals surface area contributed by atoms with Gasteiger partial charge in [-0.3, -0.25) is 4.79 Å². The zero-order chi connectivity index (χ0) is 13.0. The molecule has 1 amide bonds. The largest absolute Gasteiger partial charge is 0.320 e. The first-order valence-electron chi connectivity index (χ1n) is 6.78. The highest BCUT2D eigenvalue weighted by Gasteiger charge is 2.18. The summed E-state index contributed by atoms with van der Waals surface area (Å²) >= 11 is 1.78. The lowest BCUT2D eigenvalue weighted by Crippen LogP contribution is -2.15. The highest BCUT2D eigenvalue weighted by molar-refractivity contribution is 7.16. The van der Waals surface area contributed by atoms with Crippen molar-refractivity contribution < 1.29 is 4.79 Å². The fraction of sp³-hybridized carbons (Fsp3) is 0.643. The van der Waals surface area contributed by atoms with Gasteiger partial charge in [-0.05, 0) is 63.7 Å². The Morgan fingerprint density at radius 3 is 2.83 bits per heavy atom. The van der Waals surface area contributed by atoms with E-state index in [2.05, 4.69) is 17.6 Å². The minimum Gasteiger partial charge on any atom is -0.320 e. The van der Waals surface area contributed by atoms with Crippen LogP contribution in [0.4, 0.5) is 5.00 Å². The highest BCUT2D eigenvalue weighted by atomic mass is 32.1. The molecule has 2 N–H and O–H groups in total. The van der Waals surface area contributed by atoms with Crippen molar-refractivity contribution in [3.05, 3.63) is 16.0 Å². The van der Waals surface area contributed by atoms with Gasteiger partial charge in [0.05, 0.1) is 5.00 Å². The van der Waals surface area contributed by atoms with Gasteiger partial charge in [-0.15, -0.1) is 11.3 Å². The van der Waals surface area contributed by atoms with Gasteiger partial charge in [0, 0.05) is 11.3 Å². The number of nitrogens with one attached hydrogen (secondary N) is 2. The van der Waals surface area contributed by atoms with E-state index in [0.717, 1.165) is 18.0 Å². The second-order valence-electron chi connectivity index (χ2n) is 4.92. The fourth-order valence-electron chi connectivity index (χ4n) is 2.46. The Labute approximate surface area is 113 Å². The predicted octanol–water partition coefficient (Wildman–Crippen LogP) is 2.87. The Kier molecular flexibility index (Phi) is 4.78. The first-order valence-corrected chi connectivity index (χ1v) is 7.59. The lowest BCUT2D eigenvalue weighted by Gasteiger charge is -2.10. The Morgan fingerprint density at radius 2 is 2.11 bits per heavy atom. The average molecular weight is 266 g/mol. The molecule has 1 aliphatic rings. The molecule has 0 radical (unpaired) electrons. The molecule has 0 bridgehead atoms. The standard InChI is InChI=1S/C14H22N2OS/c1-10-11-6-3-4-7-12(11)18-14(10)16-13(17)8-5-9-15-2/h15H,3-9H2,1-2H3,(H,16,17). The van der Waals surface area contributed by atoms with Crippen LogP contribution in [0.25, 0.3) is 0 Å². The molecule has 2 rings (SSSR count). The molecule has 1 aromatic heterocycles. The molecular weight excluding hydrogens is 244 g/mol. The van der Waals surface area contributed by atoms with Gasteiger partial charge in [0.1, 0.15) is 0 Å². The number of hydrogen-bond donors (Lipinski definition) is 2. The second kappa shape index (κ2) is 6.34. The maximum absolute atomic E-state index is 11.8. The van der Waals surface area contributed by atoms with Crippen LogP contribution in [-0.2, 0) is 17.6 Å². The van der Waals surface area contributed by atoms with Crippen LogP contribution in [0.5, 0.6) is 0 Å². The predicted molar refractivity (Wildman–Crippen MR) is 77.5 cm³/mol. The molecule has 3 nitrogen and oxygen atoms in total. The quantitative estimate of drug-likeness (QED) is 0.805. The van der Waals surface area contributed by atoms with E-state index in [0.29, 0.717) is 6.42 Å². The molecule has 0 saturated heterocycles. The normalized spacial score (nSPS) is 14.3. The lowest BCUT2D eigenvalue weighted by atomic mass is 9.96. The van der Waals surface area contributed by atoms with Crippen molar-refractivity contribution >= 4 is 22.2 Å². The number of aryl methyl sites for hydroxylation is 1. The van der Waals surface area contributed by atoms with Crippen molar-refractivity contribution in [3.63, 3.8) is 0 Å². The van der Waals surface area contributed by atoms with E-state index in [1.54, 1.807) is 11.3 Å². The van der Waals surface area contributed by atoms with Crippen LogP contribution in [0, 0.1) is 6.92 Å². The molecule has 0 aliphatic heterocycles. The van der Waals surface area contributed by atoms with E-state index < -0.39 is 0 Å². The van der Waals surface area contributed by atoms with E-state index in [9.17, 15) is 4.79 Å². The lowest BCUT2D eigenvalue weighted by molar-refractivity contribution is -0.116. The number of carbonyl (C=O) groups excluding carboxylic acids is 1. The molecule has 1 aromatic rings. The summed E-state index contributed by atoms with van der Waals surface area (Å²) in [4.78, 5) is 13.3. The van der Waals surface area contributed by atoms with Gasteiger partial charge < -0.3 is 10.6 Å². The molecule has 18 heavy (non-hydrogen) atoms. The summed E-state index contributed by atoms with van der Waals surface area (Å²) in [6.07, 6.45) is 6.46. The topological polar surface area (TPSA) is 41.1 Å². The maximum Gasteiger partial charge on any atom is 0.225 e. The van der Waals surface area contributed by atoms with Crippen molar-refractivity contribution in [1.82, 2.24) is 5.32 Å². The van der Waals surface area contributed by atoms with E-state index in [-0.39, 0.29) is 5.91 Å². The highest BCUT2D eigenvalue weighted by Crippen LogP contribution is 2.37. The van der Waals surface area contributed by atoms with Crippen molar-refractivity contribution in [3.8, 4) is 0 Å². The van der Waals surface area contributed by atoms with Gasteiger partial charge in [-0.2, -0.15) is 0 Å². The van der Waals surface area contributed by atoms with Crippen LogP contribution in [0.2, 0.25) is 0 Å². The van der Waals surface area contributed by atoms with E-state index >= 15 is 0 Å². The van der Waals surface area contributed by atoms with Gasteiger partial charge in [0.25, 0.3) is 0 Å². The van der Waals surface area contributed by atoms with Gasteiger partial charge in [-0.1, -0.05) is 0 Å². The number of anilines is 1. The van der Waals surface area contributed by atoms with Gasteiger partial charge >= 0.3 is 0 Å². The number of rotatable bonds is 5. The molecule has 0 fully saturated rings. The summed E-state index contributed by atoms with van der Waals surface area (Å²) in [6.45, 7) is 3.04. The number of carbonyl (C=O) groups is 1. The summed E-state index contributed by atoms with van der Waals surface area (Å²) in [5.74, 6) is 0.145. The average Bonchev–Trinajstić information content (AvgIpc) is 2.67. The molecule has 0 spiro atoms. The molecule has 1 aliphatic carbocycles. The Morgan fingerprint density at radius 1 is 1.33 bits per heavy atom. The first-order chi connectivity index (χ1) is 8.72. The van der Waals surface area contributed by atoms with Crippen molar-refractivity contribution in [2.45, 2.75) is 45.4 Å². The molecule has 100 valence electrons. The molecule has 1 heterocycles. The van der Waals surface area contributed by atoms with Gasteiger partial charge in [-0.25, -0.2) is 0 Å². The molecule has 0 aromatic carbocycles.